The highest BCUT2D eigenvalue weighted by Gasteiger charge is 2.55. The van der Waals surface area contributed by atoms with E-state index in [0.29, 0.717) is 0 Å². The summed E-state index contributed by atoms with van der Waals surface area (Å²) in [5.41, 5.74) is 21.6. The van der Waals surface area contributed by atoms with E-state index >= 15 is 0 Å². The van der Waals surface area contributed by atoms with Gasteiger partial charge >= 0.3 is 6.85 Å². The molecule has 2 aromatic heterocycles. The van der Waals surface area contributed by atoms with E-state index in [9.17, 15) is 0 Å². The van der Waals surface area contributed by atoms with Gasteiger partial charge in [-0.3, -0.25) is 0 Å². The van der Waals surface area contributed by atoms with Crippen LogP contribution < -0.4 is 10.4 Å². The van der Waals surface area contributed by atoms with E-state index in [4.69, 9.17) is 0 Å². The van der Waals surface area contributed by atoms with Gasteiger partial charge in [-0.05, 0) is 145 Å². The summed E-state index contributed by atoms with van der Waals surface area (Å²) >= 11 is 1.97. The zero-order valence-electron chi connectivity index (χ0n) is 39.7. The van der Waals surface area contributed by atoms with Crippen molar-refractivity contribution in [1.82, 2.24) is 4.48 Å². The second-order valence-corrected chi connectivity index (χ2v) is 24.9. The molecule has 0 amide bonds. The van der Waals surface area contributed by atoms with Gasteiger partial charge in [-0.1, -0.05) is 142 Å². The van der Waals surface area contributed by atoms with Gasteiger partial charge in [0, 0.05) is 69.9 Å². The molecule has 0 fully saturated rings. The molecule has 4 heteroatoms. The molecule has 320 valence electrons. The minimum Gasteiger partial charge on any atom is -0.376 e. The van der Waals surface area contributed by atoms with Crippen molar-refractivity contribution in [2.24, 2.45) is 0 Å². The minimum atomic E-state index is -0.275. The Balaban J connectivity index is 1.20. The fourth-order valence-electron chi connectivity index (χ4n) is 14.0. The van der Waals surface area contributed by atoms with E-state index in [2.05, 4.69) is 194 Å². The maximum Gasteiger partial charge on any atom is 0.329 e. The standard InChI is InChI=1S/C61H57BN2S/c1-57(2)24-25-58(3,4)45-30-36(22-23-43(45)57)63-54-42-31-46-47(60(7,8)27-26-59(46,5)6)33-44(42)61(9,10)56(54)62-52-41(32-50-51(55(52)63)39-18-13-14-21-49(39)65-50)38-20-15-19-37-40-28-34-16-11-12-17-35(34)29-48(40)64(62)53(37)38/h11-23,28-33H,24-27H2,1-10H3. The molecule has 5 aliphatic rings. The summed E-state index contributed by atoms with van der Waals surface area (Å²) in [6.45, 7) is 25.0. The molecule has 0 N–H and O–H groups in total. The molecule has 0 saturated heterocycles. The molecule has 2 aliphatic heterocycles. The van der Waals surface area contributed by atoms with Crippen LogP contribution >= 0.6 is 11.3 Å². The van der Waals surface area contributed by atoms with Crippen LogP contribution in [0.5, 0.6) is 0 Å². The van der Waals surface area contributed by atoms with Crippen molar-refractivity contribution >= 4 is 93.5 Å². The fourth-order valence-corrected chi connectivity index (χ4v) is 15.1. The minimum absolute atomic E-state index is 0.0150. The number of allylic oxidation sites excluding steroid dienone is 1. The molecule has 0 radical (unpaired) electrons. The first-order chi connectivity index (χ1) is 31.0. The van der Waals surface area contributed by atoms with E-state index in [0.717, 1.165) is 0 Å². The smallest absolute Gasteiger partial charge is 0.329 e. The zero-order valence-corrected chi connectivity index (χ0v) is 40.5. The van der Waals surface area contributed by atoms with Crippen LogP contribution in [0.4, 0.5) is 11.4 Å². The van der Waals surface area contributed by atoms with Gasteiger partial charge in [0.2, 0.25) is 0 Å². The SMILES string of the molecule is CC1(C)CCC(C)(C)c2cc(N3C4=C(B5c6c(cc7sc8ccccc8c7c63)-c3cccc6c7cc8ccccc8cc7n5c36)C(C)(C)c3cc5c(cc34)C(C)(C)CCC5(C)C)ccc21. The van der Waals surface area contributed by atoms with Gasteiger partial charge in [0.25, 0.3) is 0 Å². The third-order valence-corrected chi connectivity index (χ3v) is 19.0. The van der Waals surface area contributed by atoms with Crippen molar-refractivity contribution in [3.05, 3.63) is 154 Å². The van der Waals surface area contributed by atoms with Crippen molar-refractivity contribution in [1.29, 1.82) is 0 Å². The summed E-state index contributed by atoms with van der Waals surface area (Å²) in [5, 5.41) is 8.04. The first-order valence-corrected chi connectivity index (χ1v) is 25.1. The molecule has 0 saturated carbocycles. The van der Waals surface area contributed by atoms with Gasteiger partial charge in [0.15, 0.2) is 0 Å². The lowest BCUT2D eigenvalue weighted by Gasteiger charge is -2.45. The largest absolute Gasteiger partial charge is 0.376 e. The molecule has 7 aromatic carbocycles. The van der Waals surface area contributed by atoms with Crippen LogP contribution in [-0.4, -0.2) is 11.3 Å². The molecule has 14 rings (SSSR count). The van der Waals surface area contributed by atoms with Crippen LogP contribution in [0.3, 0.4) is 0 Å². The second-order valence-electron chi connectivity index (χ2n) is 23.8. The Kier molecular flexibility index (Phi) is 7.17. The van der Waals surface area contributed by atoms with Crippen LogP contribution in [0.2, 0.25) is 0 Å². The Morgan fingerprint density at radius 3 is 1.86 bits per heavy atom. The first kappa shape index (κ1) is 38.7. The lowest BCUT2D eigenvalue weighted by Crippen LogP contribution is -2.52. The third kappa shape index (κ3) is 4.77. The maximum atomic E-state index is 2.83. The first-order valence-electron chi connectivity index (χ1n) is 24.3. The van der Waals surface area contributed by atoms with Crippen molar-refractivity contribution in [3.63, 3.8) is 0 Å². The number of thiophene rings is 1. The van der Waals surface area contributed by atoms with Gasteiger partial charge in [0.05, 0.1) is 5.69 Å². The van der Waals surface area contributed by atoms with E-state index in [-0.39, 0.29) is 33.9 Å². The summed E-state index contributed by atoms with van der Waals surface area (Å²) in [6.07, 6.45) is 4.77. The predicted molar refractivity (Wildman–Crippen MR) is 282 cm³/mol. The predicted octanol–water partition coefficient (Wildman–Crippen LogP) is 16.1. The molecular formula is C61H57BN2S. The highest BCUT2D eigenvalue weighted by atomic mass is 32.1. The third-order valence-electron chi connectivity index (χ3n) is 17.9. The molecule has 9 aromatic rings. The lowest BCUT2D eigenvalue weighted by molar-refractivity contribution is 0.331. The summed E-state index contributed by atoms with van der Waals surface area (Å²) < 4.78 is 5.54. The zero-order chi connectivity index (χ0) is 44.5. The molecular weight excluding hydrogens is 804 g/mol. The Morgan fingerprint density at radius 1 is 0.492 bits per heavy atom. The quantitative estimate of drug-likeness (QED) is 0.149. The molecule has 0 atom stereocenters. The van der Waals surface area contributed by atoms with Crippen LogP contribution in [0.1, 0.15) is 128 Å². The highest BCUT2D eigenvalue weighted by molar-refractivity contribution is 7.26. The van der Waals surface area contributed by atoms with E-state index in [1.807, 2.05) is 11.3 Å². The number of rotatable bonds is 1. The Hall–Kier alpha value is -5.58. The number of fused-ring (bicyclic) bond motifs is 15. The molecule has 3 aliphatic carbocycles. The number of benzene rings is 7. The van der Waals surface area contributed by atoms with Crippen molar-refractivity contribution in [2.45, 2.75) is 122 Å². The van der Waals surface area contributed by atoms with E-state index in [1.165, 1.54) is 145 Å². The topological polar surface area (TPSA) is 8.17 Å². The molecule has 2 nitrogen and oxygen atoms in total. The Morgan fingerprint density at radius 2 is 1.12 bits per heavy atom. The van der Waals surface area contributed by atoms with Crippen LogP contribution in [0.15, 0.2) is 121 Å². The summed E-state index contributed by atoms with van der Waals surface area (Å²) in [5.74, 6) is 0. The van der Waals surface area contributed by atoms with Crippen molar-refractivity contribution < 1.29 is 0 Å². The number of hydrogen-bond donors (Lipinski definition) is 0. The van der Waals surface area contributed by atoms with Crippen molar-refractivity contribution in [3.8, 4) is 11.1 Å². The monoisotopic (exact) mass is 860 g/mol. The highest BCUT2D eigenvalue weighted by Crippen LogP contribution is 2.61. The van der Waals surface area contributed by atoms with Gasteiger partial charge in [-0.2, -0.15) is 0 Å². The van der Waals surface area contributed by atoms with Crippen LogP contribution in [-0.2, 0) is 27.1 Å². The van der Waals surface area contributed by atoms with Crippen LogP contribution in [0, 0.1) is 0 Å². The average molecular weight is 861 g/mol. The van der Waals surface area contributed by atoms with E-state index < -0.39 is 0 Å². The second kappa shape index (κ2) is 12.1. The summed E-state index contributed by atoms with van der Waals surface area (Å²) in [6, 6.07) is 46.0. The van der Waals surface area contributed by atoms with Gasteiger partial charge in [-0.15, -0.1) is 11.3 Å². The molecule has 0 spiro atoms. The average Bonchev–Trinajstić information content (AvgIpc) is 3.89. The van der Waals surface area contributed by atoms with Gasteiger partial charge < -0.3 is 9.38 Å². The van der Waals surface area contributed by atoms with Crippen LogP contribution in [0.25, 0.3) is 69.6 Å². The van der Waals surface area contributed by atoms with E-state index in [1.54, 1.807) is 5.56 Å². The fraction of sp³-hybridized carbons (Fsp3) is 0.311. The molecule has 0 unspecified atom stereocenters. The summed E-state index contributed by atoms with van der Waals surface area (Å²) in [7, 11) is 0. The number of anilines is 2. The number of aromatic nitrogens is 1. The van der Waals surface area contributed by atoms with Gasteiger partial charge in [-0.25, -0.2) is 0 Å². The molecule has 4 heterocycles. The number of para-hydroxylation sites is 1. The normalized spacial score (nSPS) is 20.1. The van der Waals surface area contributed by atoms with Crippen molar-refractivity contribution in [2.75, 3.05) is 4.90 Å². The Bertz CT molecular complexity index is 3710. The van der Waals surface area contributed by atoms with Gasteiger partial charge in [0.1, 0.15) is 0 Å². The molecule has 0 bridgehead atoms. The Labute approximate surface area is 388 Å². The number of nitrogens with zero attached hydrogens (tertiary/aromatic N) is 2. The molecule has 65 heavy (non-hydrogen) atoms. The lowest BCUT2D eigenvalue weighted by atomic mass is 9.40. The number of hydrogen-bond acceptors (Lipinski definition) is 2. The maximum absolute atomic E-state index is 2.83. The summed E-state index contributed by atoms with van der Waals surface area (Å²) in [4.78, 5) is 2.83.